The van der Waals surface area contributed by atoms with Gasteiger partial charge in [-0.15, -0.1) is 0 Å². The van der Waals surface area contributed by atoms with Crippen molar-refractivity contribution in [1.29, 1.82) is 0 Å². The van der Waals surface area contributed by atoms with E-state index in [-0.39, 0.29) is 0 Å². The molecule has 4 rings (SSSR count). The number of nitrogens with zero attached hydrogens (tertiary/aromatic N) is 2. The summed E-state index contributed by atoms with van der Waals surface area (Å²) in [5, 5.41) is 0. The van der Waals surface area contributed by atoms with E-state index in [0.29, 0.717) is 11.1 Å². The first-order valence-electron chi connectivity index (χ1n) is 9.16. The molecule has 0 spiro atoms. The summed E-state index contributed by atoms with van der Waals surface area (Å²) in [6.07, 6.45) is 3.65. The zero-order valence-electron chi connectivity index (χ0n) is 16.0. The van der Waals surface area contributed by atoms with Crippen LogP contribution in [0.3, 0.4) is 0 Å². The number of pyridine rings is 2. The van der Waals surface area contributed by atoms with Crippen LogP contribution in [0.2, 0.25) is 0 Å². The van der Waals surface area contributed by atoms with E-state index in [1.54, 1.807) is 48.8 Å². The van der Waals surface area contributed by atoms with E-state index in [9.17, 15) is 9.59 Å². The molecule has 4 aromatic rings. The number of aldehydes is 2. The SMILES string of the molecule is O=Cc1ccc(-c2ccccn2)cc1.[2H]C(=O)c1ccc(-c2ccccn2)cc1. The zero-order valence-corrected chi connectivity index (χ0v) is 15.0. The Balaban J connectivity index is 0.000000166. The molecule has 4 heteroatoms. The fraction of sp³-hybridized carbons (Fsp3) is 0. The minimum atomic E-state index is -0.664. The number of hydrogen-bond acceptors (Lipinski definition) is 4. The lowest BCUT2D eigenvalue weighted by atomic mass is 10.1. The van der Waals surface area contributed by atoms with Gasteiger partial charge in [-0.3, -0.25) is 19.6 Å². The fourth-order valence-electron chi connectivity index (χ4n) is 2.51. The van der Waals surface area contributed by atoms with Crippen LogP contribution in [0.15, 0.2) is 97.3 Å². The monoisotopic (exact) mass is 367 g/mol. The predicted molar refractivity (Wildman–Crippen MR) is 110 cm³/mol. The van der Waals surface area contributed by atoms with E-state index in [1.165, 1.54) is 0 Å². The number of rotatable bonds is 4. The topological polar surface area (TPSA) is 59.9 Å². The smallest absolute Gasteiger partial charge is 0.150 e. The second-order valence-electron chi connectivity index (χ2n) is 5.85. The van der Waals surface area contributed by atoms with E-state index in [1.807, 2.05) is 48.5 Å². The van der Waals surface area contributed by atoms with Crippen LogP contribution in [-0.2, 0) is 0 Å². The van der Waals surface area contributed by atoms with Crippen molar-refractivity contribution in [1.82, 2.24) is 9.97 Å². The maximum atomic E-state index is 10.7. The lowest BCUT2D eigenvalue weighted by Gasteiger charge is -1.99. The highest BCUT2D eigenvalue weighted by Gasteiger charge is 1.98. The van der Waals surface area contributed by atoms with Crippen molar-refractivity contribution in [2.75, 3.05) is 0 Å². The van der Waals surface area contributed by atoms with E-state index in [0.717, 1.165) is 28.8 Å². The Kier molecular flexibility index (Phi) is 6.05. The van der Waals surface area contributed by atoms with Crippen LogP contribution in [0, 0.1) is 0 Å². The van der Waals surface area contributed by atoms with Gasteiger partial charge in [0.1, 0.15) is 13.9 Å². The van der Waals surface area contributed by atoms with Crippen molar-refractivity contribution in [3.8, 4) is 22.5 Å². The molecule has 28 heavy (non-hydrogen) atoms. The molecular weight excluding hydrogens is 348 g/mol. The molecule has 0 radical (unpaired) electrons. The molecule has 2 aromatic carbocycles. The van der Waals surface area contributed by atoms with Gasteiger partial charge < -0.3 is 0 Å². The molecule has 0 N–H and O–H groups in total. The normalized spacial score (nSPS) is 10.2. The molecule has 4 nitrogen and oxygen atoms in total. The first-order chi connectivity index (χ1) is 14.2. The van der Waals surface area contributed by atoms with Crippen molar-refractivity contribution in [3.63, 3.8) is 0 Å². The Hall–Kier alpha value is -3.92. The number of aromatic nitrogens is 2. The highest BCUT2D eigenvalue weighted by molar-refractivity contribution is 5.77. The number of benzene rings is 2. The molecular formula is C24H18N2O2. The molecule has 0 fully saturated rings. The number of carbonyl (C=O) groups is 2. The molecule has 0 unspecified atom stereocenters. The molecule has 0 atom stereocenters. The third-order valence-corrected chi connectivity index (χ3v) is 3.97. The van der Waals surface area contributed by atoms with Crippen LogP contribution in [-0.4, -0.2) is 22.5 Å². The van der Waals surface area contributed by atoms with E-state index >= 15 is 0 Å². The summed E-state index contributed by atoms with van der Waals surface area (Å²) >= 11 is 0. The zero-order chi connectivity index (χ0) is 20.5. The quantitative estimate of drug-likeness (QED) is 0.470. The molecule has 0 saturated heterocycles. The summed E-state index contributed by atoms with van der Waals surface area (Å²) in [5.74, 6) is 0. The first-order valence-corrected chi connectivity index (χ1v) is 8.66. The second kappa shape index (κ2) is 9.69. The van der Waals surface area contributed by atoms with Crippen LogP contribution in [0.5, 0.6) is 0 Å². The van der Waals surface area contributed by atoms with Crippen molar-refractivity contribution >= 4 is 12.5 Å². The summed E-state index contributed by atoms with van der Waals surface area (Å²) in [6, 6.07) is 25.7. The molecule has 0 amide bonds. The molecule has 136 valence electrons. The molecule has 0 aliphatic rings. The Morgan fingerprint density at radius 2 is 1.07 bits per heavy atom. The highest BCUT2D eigenvalue weighted by atomic mass is 16.1. The van der Waals surface area contributed by atoms with Gasteiger partial charge in [0.05, 0.1) is 11.4 Å². The van der Waals surface area contributed by atoms with E-state index in [2.05, 4.69) is 9.97 Å². The van der Waals surface area contributed by atoms with E-state index < -0.39 is 6.26 Å². The van der Waals surface area contributed by atoms with E-state index in [4.69, 9.17) is 1.37 Å². The maximum Gasteiger partial charge on any atom is 0.150 e. The molecule has 0 bridgehead atoms. The summed E-state index contributed by atoms with van der Waals surface area (Å²) in [5.41, 5.74) is 4.84. The first kappa shape index (κ1) is 17.5. The van der Waals surface area contributed by atoms with Crippen LogP contribution in [0.1, 0.15) is 22.1 Å². The minimum absolute atomic E-state index is 0.398. The third kappa shape index (κ3) is 5.05. The largest absolute Gasteiger partial charge is 0.298 e. The van der Waals surface area contributed by atoms with Gasteiger partial charge in [-0.05, 0) is 24.3 Å². The van der Waals surface area contributed by atoms with Crippen LogP contribution in [0.25, 0.3) is 22.5 Å². The van der Waals surface area contributed by atoms with Crippen molar-refractivity contribution in [3.05, 3.63) is 108 Å². The number of hydrogen-bond donors (Lipinski definition) is 0. The fourth-order valence-corrected chi connectivity index (χ4v) is 2.51. The lowest BCUT2D eigenvalue weighted by Crippen LogP contribution is -1.83. The van der Waals surface area contributed by atoms with Crippen LogP contribution >= 0.6 is 0 Å². The predicted octanol–water partition coefficient (Wildman–Crippen LogP) is 5.12. The maximum absolute atomic E-state index is 10.7. The van der Waals surface area contributed by atoms with Crippen LogP contribution < -0.4 is 0 Å². The average Bonchev–Trinajstić information content (AvgIpc) is 2.81. The van der Waals surface area contributed by atoms with Gasteiger partial charge in [0.25, 0.3) is 0 Å². The van der Waals surface area contributed by atoms with Crippen molar-refractivity contribution < 1.29 is 11.0 Å². The van der Waals surface area contributed by atoms with Crippen molar-refractivity contribution in [2.24, 2.45) is 0 Å². The van der Waals surface area contributed by atoms with Gasteiger partial charge in [0.2, 0.25) is 0 Å². The molecule has 0 aliphatic carbocycles. The summed E-state index contributed by atoms with van der Waals surface area (Å²) < 4.78 is 6.94. The average molecular weight is 367 g/mol. The van der Waals surface area contributed by atoms with Gasteiger partial charge >= 0.3 is 0 Å². The molecule has 0 aliphatic heterocycles. The van der Waals surface area contributed by atoms with Gasteiger partial charge in [0, 0.05) is 34.6 Å². The van der Waals surface area contributed by atoms with Gasteiger partial charge in [-0.1, -0.05) is 60.7 Å². The van der Waals surface area contributed by atoms with Gasteiger partial charge in [-0.2, -0.15) is 0 Å². The molecule has 0 saturated carbocycles. The summed E-state index contributed by atoms with van der Waals surface area (Å²) in [6.45, 7) is 0. The Morgan fingerprint density at radius 3 is 1.43 bits per heavy atom. The second-order valence-corrected chi connectivity index (χ2v) is 5.85. The minimum Gasteiger partial charge on any atom is -0.298 e. The Bertz CT molecular complexity index is 1070. The van der Waals surface area contributed by atoms with Gasteiger partial charge in [0.15, 0.2) is 0 Å². The van der Waals surface area contributed by atoms with Crippen molar-refractivity contribution in [2.45, 2.75) is 0 Å². The standard InChI is InChI=1S/2C12H9NO/c2*14-9-10-4-6-11(7-5-10)12-3-1-2-8-13-12/h2*1-9H/i9D;. The van der Waals surface area contributed by atoms with Gasteiger partial charge in [-0.25, -0.2) is 0 Å². The lowest BCUT2D eigenvalue weighted by molar-refractivity contribution is 0.111. The molecule has 2 aromatic heterocycles. The summed E-state index contributed by atoms with van der Waals surface area (Å²) in [4.78, 5) is 29.6. The Morgan fingerprint density at radius 1 is 0.607 bits per heavy atom. The van der Waals surface area contributed by atoms with Crippen LogP contribution in [0.4, 0.5) is 0 Å². The summed E-state index contributed by atoms with van der Waals surface area (Å²) in [7, 11) is 0. The number of carbonyl (C=O) groups excluding carboxylic acids is 2. The molecule has 2 heterocycles. The third-order valence-electron chi connectivity index (χ3n) is 3.97. The highest BCUT2D eigenvalue weighted by Crippen LogP contribution is 2.16. The Labute approximate surface area is 165 Å².